The molecule has 5 nitrogen and oxygen atoms in total. The molecule has 44 heavy (non-hydrogen) atoms. The normalized spacial score (nSPS) is 15.9. The lowest BCUT2D eigenvalue weighted by atomic mass is 9.95. The molecule has 1 aliphatic rings. The molecule has 3 aromatic rings. The lowest BCUT2D eigenvalue weighted by Gasteiger charge is -2.33. The number of hydrogen-bond acceptors (Lipinski definition) is 5. The molecule has 0 saturated carbocycles. The van der Waals surface area contributed by atoms with Crippen molar-refractivity contribution in [2.45, 2.75) is 73.1 Å². The predicted molar refractivity (Wildman–Crippen MR) is 172 cm³/mol. The van der Waals surface area contributed by atoms with E-state index in [-0.39, 0.29) is 17.3 Å². The molecule has 0 radical (unpaired) electrons. The highest BCUT2D eigenvalue weighted by atomic mass is 19.4. The van der Waals surface area contributed by atoms with Gasteiger partial charge in [-0.15, -0.1) is 13.2 Å². The van der Waals surface area contributed by atoms with Gasteiger partial charge in [-0.1, -0.05) is 64.4 Å². The Balaban J connectivity index is 0.000000369. The number of likely N-dealkylation sites (tertiary alicyclic amines) is 1. The molecule has 3 aromatic carbocycles. The van der Waals surface area contributed by atoms with Crippen molar-refractivity contribution in [2.24, 2.45) is 16.8 Å². The SMILES string of the molecule is CCC1CCCN(CC(C)C)C1.CCCC(=O)c1cc(-c2ccc(O)cc2)ccc1N=C(C)c1cccc(OC(F)(F)F)c1. The number of piperidine rings is 1. The molecule has 4 rings (SSSR count). The number of phenolic OH excluding ortho intramolecular Hbond substituents is 1. The summed E-state index contributed by atoms with van der Waals surface area (Å²) in [5.74, 6) is 1.55. The van der Waals surface area contributed by atoms with Crippen LogP contribution in [-0.4, -0.2) is 47.5 Å². The highest BCUT2D eigenvalue weighted by molar-refractivity contribution is 6.05. The number of ketones is 1. The molecule has 1 atom stereocenters. The Hall–Kier alpha value is -3.65. The molecule has 0 spiro atoms. The Labute approximate surface area is 259 Å². The van der Waals surface area contributed by atoms with E-state index in [9.17, 15) is 23.1 Å². The van der Waals surface area contributed by atoms with Crippen molar-refractivity contribution in [1.82, 2.24) is 4.90 Å². The molecular formula is C36H45F3N2O3. The second-order valence-electron chi connectivity index (χ2n) is 11.8. The van der Waals surface area contributed by atoms with Crippen molar-refractivity contribution in [3.63, 3.8) is 0 Å². The average molecular weight is 611 g/mol. The number of halogens is 3. The number of Topliss-reactive ketones (excluding diaryl/α,β-unsaturated/α-hetero) is 1. The minimum atomic E-state index is -4.78. The second-order valence-corrected chi connectivity index (χ2v) is 11.8. The first-order chi connectivity index (χ1) is 20.9. The van der Waals surface area contributed by atoms with Crippen molar-refractivity contribution < 1.29 is 27.8 Å². The summed E-state index contributed by atoms with van der Waals surface area (Å²) in [5, 5.41) is 9.51. The molecule has 1 heterocycles. The van der Waals surface area contributed by atoms with E-state index in [1.54, 1.807) is 49.4 Å². The Kier molecular flexibility index (Phi) is 13.0. The van der Waals surface area contributed by atoms with Gasteiger partial charge in [0.2, 0.25) is 0 Å². The fourth-order valence-electron chi connectivity index (χ4n) is 5.38. The van der Waals surface area contributed by atoms with Gasteiger partial charge in [-0.3, -0.25) is 9.79 Å². The molecule has 238 valence electrons. The van der Waals surface area contributed by atoms with Crippen LogP contribution in [0.25, 0.3) is 11.1 Å². The zero-order valence-electron chi connectivity index (χ0n) is 26.5. The molecule has 8 heteroatoms. The van der Waals surface area contributed by atoms with Crippen LogP contribution in [0.15, 0.2) is 71.7 Å². The van der Waals surface area contributed by atoms with Crippen LogP contribution >= 0.6 is 0 Å². The third-order valence-electron chi connectivity index (χ3n) is 7.55. The number of nitrogens with zero attached hydrogens (tertiary/aromatic N) is 2. The largest absolute Gasteiger partial charge is 0.573 e. The summed E-state index contributed by atoms with van der Waals surface area (Å²) in [7, 11) is 0. The summed E-state index contributed by atoms with van der Waals surface area (Å²) in [6.07, 6.45) is 0.481. The molecule has 1 aliphatic heterocycles. The number of carbonyl (C=O) groups is 1. The first kappa shape index (κ1) is 34.8. The minimum Gasteiger partial charge on any atom is -0.508 e. The van der Waals surface area contributed by atoms with E-state index in [1.165, 1.54) is 57.1 Å². The summed E-state index contributed by atoms with van der Waals surface area (Å²) < 4.78 is 41.6. The second kappa shape index (κ2) is 16.4. The van der Waals surface area contributed by atoms with Crippen LogP contribution in [-0.2, 0) is 0 Å². The summed E-state index contributed by atoms with van der Waals surface area (Å²) in [5.41, 5.74) is 3.38. The standard InChI is InChI=1S/C25H22F3NO3.C11H23N/c1-3-5-24(31)22-15-19(17-8-11-20(30)12-9-17)10-13-23(22)29-16(2)18-6-4-7-21(14-18)32-25(26,27)28;1-4-11-6-5-7-12(9-11)8-10(2)3/h4,6-15,30H,3,5H2,1-2H3;10-11H,4-9H2,1-3H3. The number of alkyl halides is 3. The zero-order chi connectivity index (χ0) is 32.3. The van der Waals surface area contributed by atoms with Gasteiger partial charge in [0.1, 0.15) is 11.5 Å². The van der Waals surface area contributed by atoms with Gasteiger partial charge in [0.15, 0.2) is 5.78 Å². The number of benzene rings is 3. The number of carbonyl (C=O) groups excluding carboxylic acids is 1. The van der Waals surface area contributed by atoms with E-state index in [1.807, 2.05) is 13.0 Å². The van der Waals surface area contributed by atoms with Crippen LogP contribution in [0.3, 0.4) is 0 Å². The number of aliphatic imine (C=N–C) groups is 1. The van der Waals surface area contributed by atoms with Crippen LogP contribution in [0.4, 0.5) is 18.9 Å². The highest BCUT2D eigenvalue weighted by Gasteiger charge is 2.31. The van der Waals surface area contributed by atoms with Crippen LogP contribution in [0.1, 0.15) is 82.6 Å². The summed E-state index contributed by atoms with van der Waals surface area (Å²) >= 11 is 0. The Morgan fingerprint density at radius 2 is 1.75 bits per heavy atom. The van der Waals surface area contributed by atoms with Gasteiger partial charge in [0.25, 0.3) is 0 Å². The van der Waals surface area contributed by atoms with Crippen LogP contribution in [0.5, 0.6) is 11.5 Å². The van der Waals surface area contributed by atoms with Gasteiger partial charge < -0.3 is 14.7 Å². The molecule has 1 fully saturated rings. The summed E-state index contributed by atoms with van der Waals surface area (Å²) in [4.78, 5) is 20.0. The van der Waals surface area contributed by atoms with Gasteiger partial charge >= 0.3 is 6.36 Å². The minimum absolute atomic E-state index is 0.0752. The monoisotopic (exact) mass is 610 g/mol. The zero-order valence-corrected chi connectivity index (χ0v) is 26.5. The molecule has 1 unspecified atom stereocenters. The fourth-order valence-corrected chi connectivity index (χ4v) is 5.38. The number of ether oxygens (including phenoxy) is 1. The number of phenols is 1. The van der Waals surface area contributed by atoms with Gasteiger partial charge in [-0.05, 0) is 97.7 Å². The van der Waals surface area contributed by atoms with Crippen LogP contribution < -0.4 is 4.74 Å². The number of rotatable bonds is 10. The van der Waals surface area contributed by atoms with E-state index in [0.717, 1.165) is 23.0 Å². The van der Waals surface area contributed by atoms with Gasteiger partial charge in [0, 0.05) is 30.8 Å². The maximum atomic E-state index is 12.8. The average Bonchev–Trinajstić information content (AvgIpc) is 2.97. The maximum Gasteiger partial charge on any atom is 0.573 e. The Morgan fingerprint density at radius 1 is 1.05 bits per heavy atom. The quantitative estimate of drug-likeness (QED) is 0.183. The van der Waals surface area contributed by atoms with Crippen molar-refractivity contribution >= 4 is 17.2 Å². The molecule has 0 amide bonds. The van der Waals surface area contributed by atoms with Crippen LogP contribution in [0, 0.1) is 11.8 Å². The lowest BCUT2D eigenvalue weighted by molar-refractivity contribution is -0.274. The lowest BCUT2D eigenvalue weighted by Crippen LogP contribution is -2.37. The van der Waals surface area contributed by atoms with Gasteiger partial charge in [-0.25, -0.2) is 0 Å². The molecule has 1 N–H and O–H groups in total. The summed E-state index contributed by atoms with van der Waals surface area (Å²) in [6, 6.07) is 17.4. The van der Waals surface area contributed by atoms with Crippen molar-refractivity contribution in [1.29, 1.82) is 0 Å². The van der Waals surface area contributed by atoms with E-state index < -0.39 is 6.36 Å². The summed E-state index contributed by atoms with van der Waals surface area (Å²) in [6.45, 7) is 14.5. The number of hydrogen-bond donors (Lipinski definition) is 1. The van der Waals surface area contributed by atoms with E-state index in [4.69, 9.17) is 0 Å². The third kappa shape index (κ3) is 11.1. The Bertz CT molecular complexity index is 1380. The molecular weight excluding hydrogens is 565 g/mol. The molecule has 0 bridgehead atoms. The van der Waals surface area contributed by atoms with Crippen molar-refractivity contribution in [3.05, 3.63) is 77.9 Å². The van der Waals surface area contributed by atoms with Gasteiger partial charge in [-0.2, -0.15) is 0 Å². The molecule has 0 aliphatic carbocycles. The first-order valence-corrected chi connectivity index (χ1v) is 15.5. The highest BCUT2D eigenvalue weighted by Crippen LogP contribution is 2.31. The van der Waals surface area contributed by atoms with E-state index in [2.05, 4.69) is 35.4 Å². The maximum absolute atomic E-state index is 12.8. The van der Waals surface area contributed by atoms with Crippen molar-refractivity contribution in [2.75, 3.05) is 19.6 Å². The van der Waals surface area contributed by atoms with E-state index >= 15 is 0 Å². The topological polar surface area (TPSA) is 62.1 Å². The smallest absolute Gasteiger partial charge is 0.508 e. The predicted octanol–water partition coefficient (Wildman–Crippen LogP) is 9.85. The molecule has 0 aromatic heterocycles. The van der Waals surface area contributed by atoms with Crippen LogP contribution in [0.2, 0.25) is 0 Å². The van der Waals surface area contributed by atoms with Gasteiger partial charge in [0.05, 0.1) is 5.69 Å². The third-order valence-corrected chi connectivity index (χ3v) is 7.55. The van der Waals surface area contributed by atoms with Crippen molar-refractivity contribution in [3.8, 4) is 22.6 Å². The first-order valence-electron chi connectivity index (χ1n) is 15.5. The fraction of sp³-hybridized carbons (Fsp3) is 0.444. The Morgan fingerprint density at radius 3 is 2.39 bits per heavy atom. The number of aromatic hydroxyl groups is 1. The molecule has 1 saturated heterocycles. The van der Waals surface area contributed by atoms with E-state index in [0.29, 0.717) is 35.4 Å².